The number of hydrogen-bond donors (Lipinski definition) is 0. The van der Waals surface area contributed by atoms with Crippen molar-refractivity contribution >= 4 is 11.6 Å². The lowest BCUT2D eigenvalue weighted by molar-refractivity contribution is 0.272. The Hall–Kier alpha value is -1.04. The molecular weight excluding hydrogens is 280 g/mol. The van der Waals surface area contributed by atoms with Gasteiger partial charge in [-0.1, -0.05) is 57.5 Å². The van der Waals surface area contributed by atoms with Crippen LogP contribution in [0.25, 0.3) is 0 Å². The minimum Gasteiger partial charge on any atom is -0.304 e. The lowest BCUT2D eigenvalue weighted by atomic mass is 9.70. The van der Waals surface area contributed by atoms with Crippen LogP contribution >= 0.6 is 11.6 Å². The van der Waals surface area contributed by atoms with Crippen molar-refractivity contribution in [2.24, 2.45) is 5.92 Å². The van der Waals surface area contributed by atoms with Gasteiger partial charge in [-0.3, -0.25) is 0 Å². The molecule has 0 heterocycles. The molecule has 21 heavy (non-hydrogen) atoms. The third-order valence-corrected chi connectivity index (χ3v) is 4.81. The Kier molecular flexibility index (Phi) is 7.22. The van der Waals surface area contributed by atoms with Gasteiger partial charge in [0, 0.05) is 5.02 Å². The lowest BCUT2D eigenvalue weighted by Crippen LogP contribution is -2.33. The summed E-state index contributed by atoms with van der Waals surface area (Å²) in [6, 6.07) is 10.4. The van der Waals surface area contributed by atoms with Crippen molar-refractivity contribution < 1.29 is 0 Å². The first-order chi connectivity index (χ1) is 10.0. The molecule has 0 aliphatic rings. The third-order valence-electron chi connectivity index (χ3n) is 4.48. The van der Waals surface area contributed by atoms with Gasteiger partial charge in [0.1, 0.15) is 0 Å². The summed E-state index contributed by atoms with van der Waals surface area (Å²) >= 11 is 6.37. The number of halogens is 1. The summed E-state index contributed by atoms with van der Waals surface area (Å²) in [5.41, 5.74) is 0.481. The van der Waals surface area contributed by atoms with Crippen LogP contribution in [0.5, 0.6) is 0 Å². The van der Waals surface area contributed by atoms with Gasteiger partial charge >= 0.3 is 0 Å². The fourth-order valence-corrected chi connectivity index (χ4v) is 3.23. The molecule has 0 saturated heterocycles. The molecule has 116 valence electrons. The molecule has 1 aromatic rings. The molecule has 0 aliphatic carbocycles. The largest absolute Gasteiger partial charge is 0.304 e. The van der Waals surface area contributed by atoms with Crippen molar-refractivity contribution in [1.29, 1.82) is 5.26 Å². The molecular formula is C18H27ClN2. The molecule has 0 amide bonds. The van der Waals surface area contributed by atoms with E-state index in [0.717, 1.165) is 38.0 Å². The zero-order valence-corrected chi connectivity index (χ0v) is 14.5. The van der Waals surface area contributed by atoms with Gasteiger partial charge in [-0.25, -0.2) is 0 Å². The molecule has 0 spiro atoms. The van der Waals surface area contributed by atoms with Crippen molar-refractivity contribution in [2.45, 2.75) is 46.0 Å². The minimum atomic E-state index is -0.495. The van der Waals surface area contributed by atoms with Gasteiger partial charge in [0.25, 0.3) is 0 Å². The second-order valence-electron chi connectivity index (χ2n) is 5.85. The Morgan fingerprint density at radius 1 is 1.24 bits per heavy atom. The molecule has 3 heteroatoms. The maximum Gasteiger partial charge on any atom is 0.0859 e. The molecule has 0 N–H and O–H groups in total. The van der Waals surface area contributed by atoms with Crippen molar-refractivity contribution in [1.82, 2.24) is 4.90 Å². The Balaban J connectivity index is 2.96. The average molecular weight is 307 g/mol. The molecule has 1 rings (SSSR count). The van der Waals surface area contributed by atoms with Gasteiger partial charge in [-0.05, 0) is 50.0 Å². The number of nitrogens with zero attached hydrogens (tertiary/aromatic N) is 2. The summed E-state index contributed by atoms with van der Waals surface area (Å²) in [5, 5.41) is 10.6. The Labute approximate surface area is 134 Å². The SMILES string of the molecule is CCN(CC)CCCC(C#N)(c1ccccc1Cl)C(C)C. The Morgan fingerprint density at radius 3 is 2.33 bits per heavy atom. The van der Waals surface area contributed by atoms with E-state index in [2.05, 4.69) is 38.7 Å². The molecule has 0 fully saturated rings. The Bertz CT molecular complexity index is 474. The van der Waals surface area contributed by atoms with Crippen LogP contribution in [0.3, 0.4) is 0 Å². The summed E-state index contributed by atoms with van der Waals surface area (Å²) in [7, 11) is 0. The van der Waals surface area contributed by atoms with E-state index in [0.29, 0.717) is 5.02 Å². The van der Waals surface area contributed by atoms with Crippen molar-refractivity contribution in [2.75, 3.05) is 19.6 Å². The zero-order valence-electron chi connectivity index (χ0n) is 13.7. The van der Waals surface area contributed by atoms with Gasteiger partial charge in [0.15, 0.2) is 0 Å². The second-order valence-corrected chi connectivity index (χ2v) is 6.26. The van der Waals surface area contributed by atoms with Crippen LogP contribution in [0, 0.1) is 17.2 Å². The van der Waals surface area contributed by atoms with Crippen molar-refractivity contribution in [3.8, 4) is 6.07 Å². The lowest BCUT2D eigenvalue weighted by Gasteiger charge is -2.33. The summed E-state index contributed by atoms with van der Waals surface area (Å²) in [4.78, 5) is 2.40. The van der Waals surface area contributed by atoms with Gasteiger partial charge in [0.05, 0.1) is 11.5 Å². The van der Waals surface area contributed by atoms with Crippen molar-refractivity contribution in [3.63, 3.8) is 0 Å². The monoisotopic (exact) mass is 306 g/mol. The zero-order chi connectivity index (χ0) is 15.9. The maximum absolute atomic E-state index is 9.88. The number of nitriles is 1. The fourth-order valence-electron chi connectivity index (χ4n) is 2.92. The van der Waals surface area contributed by atoms with Gasteiger partial charge < -0.3 is 4.90 Å². The summed E-state index contributed by atoms with van der Waals surface area (Å²) < 4.78 is 0. The highest BCUT2D eigenvalue weighted by molar-refractivity contribution is 6.31. The van der Waals surface area contributed by atoms with Gasteiger partial charge in [-0.15, -0.1) is 0 Å². The quantitative estimate of drug-likeness (QED) is 0.684. The van der Waals surface area contributed by atoms with E-state index in [9.17, 15) is 5.26 Å². The van der Waals surface area contributed by atoms with Crippen LogP contribution < -0.4 is 0 Å². The number of rotatable bonds is 8. The highest BCUT2D eigenvalue weighted by Gasteiger charge is 2.37. The Morgan fingerprint density at radius 2 is 1.86 bits per heavy atom. The van der Waals surface area contributed by atoms with E-state index in [1.807, 2.05) is 24.3 Å². The van der Waals surface area contributed by atoms with E-state index in [1.54, 1.807) is 0 Å². The van der Waals surface area contributed by atoms with Crippen molar-refractivity contribution in [3.05, 3.63) is 34.9 Å². The molecule has 0 radical (unpaired) electrons. The molecule has 1 unspecified atom stereocenters. The molecule has 0 aromatic heterocycles. The maximum atomic E-state index is 9.88. The van der Waals surface area contributed by atoms with E-state index in [4.69, 9.17) is 11.6 Å². The first-order valence-electron chi connectivity index (χ1n) is 7.90. The normalized spacial score (nSPS) is 14.2. The van der Waals surface area contributed by atoms with Crippen LogP contribution in [0.1, 0.15) is 46.1 Å². The van der Waals surface area contributed by atoms with Crippen LogP contribution in [0.2, 0.25) is 5.02 Å². The van der Waals surface area contributed by atoms with Gasteiger partial charge in [-0.2, -0.15) is 5.26 Å². The van der Waals surface area contributed by atoms with Crippen LogP contribution in [-0.2, 0) is 5.41 Å². The standard InChI is InChI=1S/C18H27ClN2/c1-5-21(6-2)13-9-12-18(14-20,15(3)4)16-10-7-8-11-17(16)19/h7-8,10-11,15H,5-6,9,12-13H2,1-4H3. The molecule has 1 atom stereocenters. The van der Waals surface area contributed by atoms with Crippen LogP contribution in [0.15, 0.2) is 24.3 Å². The summed E-state index contributed by atoms with van der Waals surface area (Å²) in [6.45, 7) is 11.7. The first-order valence-corrected chi connectivity index (χ1v) is 8.28. The first kappa shape index (κ1) is 18.0. The summed E-state index contributed by atoms with van der Waals surface area (Å²) in [5.74, 6) is 0.235. The van der Waals surface area contributed by atoms with Crippen LogP contribution in [-0.4, -0.2) is 24.5 Å². The third kappa shape index (κ3) is 4.22. The van der Waals surface area contributed by atoms with Gasteiger partial charge in [0.2, 0.25) is 0 Å². The smallest absolute Gasteiger partial charge is 0.0859 e. The molecule has 0 aliphatic heterocycles. The summed E-state index contributed by atoms with van der Waals surface area (Å²) in [6.07, 6.45) is 1.86. The van der Waals surface area contributed by atoms with E-state index in [1.165, 1.54) is 0 Å². The van der Waals surface area contributed by atoms with E-state index in [-0.39, 0.29) is 5.92 Å². The van der Waals surface area contributed by atoms with Crippen LogP contribution in [0.4, 0.5) is 0 Å². The average Bonchev–Trinajstić information content (AvgIpc) is 2.49. The predicted molar refractivity (Wildman–Crippen MR) is 90.6 cm³/mol. The highest BCUT2D eigenvalue weighted by Crippen LogP contribution is 2.39. The predicted octanol–water partition coefficient (Wildman–Crippen LogP) is 4.88. The fraction of sp³-hybridized carbons (Fsp3) is 0.611. The highest BCUT2D eigenvalue weighted by atomic mass is 35.5. The minimum absolute atomic E-state index is 0.235. The second kappa shape index (κ2) is 8.41. The van der Waals surface area contributed by atoms with E-state index < -0.39 is 5.41 Å². The number of hydrogen-bond acceptors (Lipinski definition) is 2. The molecule has 0 saturated carbocycles. The molecule has 1 aromatic carbocycles. The number of benzene rings is 1. The topological polar surface area (TPSA) is 27.0 Å². The molecule has 2 nitrogen and oxygen atoms in total. The van der Waals surface area contributed by atoms with E-state index >= 15 is 0 Å². The molecule has 0 bridgehead atoms.